The Hall–Kier alpha value is -2.98. The van der Waals surface area contributed by atoms with Crippen molar-refractivity contribution in [3.05, 3.63) is 33.8 Å². The molecule has 5 atom stereocenters. The van der Waals surface area contributed by atoms with Gasteiger partial charge in [-0.2, -0.15) is 0 Å². The van der Waals surface area contributed by atoms with Crippen molar-refractivity contribution in [1.82, 2.24) is 0 Å². The van der Waals surface area contributed by atoms with Crippen LogP contribution in [0.2, 0.25) is 0 Å². The first-order chi connectivity index (χ1) is 21.8. The van der Waals surface area contributed by atoms with Crippen LogP contribution < -0.4 is 4.74 Å². The monoisotopic (exact) mass is 666 g/mol. The van der Waals surface area contributed by atoms with Gasteiger partial charge in [-0.3, -0.25) is 4.79 Å². The summed E-state index contributed by atoms with van der Waals surface area (Å²) in [5.41, 5.74) is 4.23. The molecule has 0 spiro atoms. The molecule has 270 valence electrons. The number of fused-ring (bicyclic) bond motifs is 1. The number of ether oxygens (including phenoxy) is 2. The van der Waals surface area contributed by atoms with E-state index in [4.69, 9.17) is 35.1 Å². The highest BCUT2D eigenvalue weighted by atomic mass is 16.6. The number of hydrogen-bond acceptors (Lipinski definition) is 9. The van der Waals surface area contributed by atoms with E-state index in [1.807, 2.05) is 13.8 Å². The Morgan fingerprint density at radius 3 is 1.87 bits per heavy atom. The number of rotatable bonds is 14. The zero-order valence-corrected chi connectivity index (χ0v) is 30.2. The summed E-state index contributed by atoms with van der Waals surface area (Å²) in [5.74, 6) is 0.423. The average molecular weight is 667 g/mol. The summed E-state index contributed by atoms with van der Waals surface area (Å²) in [5, 5.41) is 52.9. The number of benzene rings is 1. The number of aliphatic carboxylic acids is 1. The summed E-state index contributed by atoms with van der Waals surface area (Å²) < 4.78 is 10.9. The number of cyclic esters (lactones) is 1. The van der Waals surface area contributed by atoms with Crippen molar-refractivity contribution in [1.29, 1.82) is 0 Å². The Bertz CT molecular complexity index is 1190. The Morgan fingerprint density at radius 2 is 1.40 bits per heavy atom. The first-order valence-corrected chi connectivity index (χ1v) is 17.2. The maximum absolute atomic E-state index is 10.5. The van der Waals surface area contributed by atoms with Crippen molar-refractivity contribution in [3.8, 4) is 11.5 Å². The zero-order valence-electron chi connectivity index (χ0n) is 30.2. The smallest absolute Gasteiger partial charge is 0.377 e. The molecular formula is C37H62O10. The SMILES string of the molecule is CC(=O)O.Cc1c(C)c2c(c(C)c1O)CC[C@@](C)(CCCC(C)CCCC(C)CCCC(C)C)O2.O=C1O[C@H](C(O)CO)C(O)=C1O. The van der Waals surface area contributed by atoms with Gasteiger partial charge in [0.05, 0.1) is 6.61 Å². The largest absolute Gasteiger partial charge is 0.507 e. The van der Waals surface area contributed by atoms with Gasteiger partial charge in [0, 0.05) is 12.5 Å². The fourth-order valence-corrected chi connectivity index (χ4v) is 6.10. The number of carbonyl (C=O) groups is 2. The van der Waals surface area contributed by atoms with E-state index < -0.39 is 42.3 Å². The molecule has 0 aromatic heterocycles. The number of carboxylic acids is 1. The normalized spacial score (nSPS) is 20.6. The molecule has 0 fully saturated rings. The van der Waals surface area contributed by atoms with Crippen LogP contribution >= 0.6 is 0 Å². The third-order valence-electron chi connectivity index (χ3n) is 9.34. The number of carbonyl (C=O) groups excluding carboxylic acids is 1. The van der Waals surface area contributed by atoms with Crippen LogP contribution in [-0.4, -0.2) is 67.0 Å². The lowest BCUT2D eigenvalue weighted by Gasteiger charge is -2.38. The van der Waals surface area contributed by atoms with Crippen molar-refractivity contribution in [2.75, 3.05) is 6.61 Å². The summed E-state index contributed by atoms with van der Waals surface area (Å²) >= 11 is 0. The summed E-state index contributed by atoms with van der Waals surface area (Å²) in [6.45, 7) is 18.4. The van der Waals surface area contributed by atoms with Crippen molar-refractivity contribution in [3.63, 3.8) is 0 Å². The highest BCUT2D eigenvalue weighted by Crippen LogP contribution is 2.44. The summed E-state index contributed by atoms with van der Waals surface area (Å²) in [6.07, 6.45) is 11.3. The van der Waals surface area contributed by atoms with Crippen LogP contribution in [0.1, 0.15) is 128 Å². The van der Waals surface area contributed by atoms with Gasteiger partial charge >= 0.3 is 5.97 Å². The summed E-state index contributed by atoms with van der Waals surface area (Å²) in [4.78, 5) is 19.5. The van der Waals surface area contributed by atoms with E-state index in [0.717, 1.165) is 66.4 Å². The second-order valence-electron chi connectivity index (χ2n) is 14.3. The van der Waals surface area contributed by atoms with E-state index >= 15 is 0 Å². The summed E-state index contributed by atoms with van der Waals surface area (Å²) in [7, 11) is 0. The minimum absolute atomic E-state index is 0.0712. The third-order valence-corrected chi connectivity index (χ3v) is 9.34. The zero-order chi connectivity index (χ0) is 36.1. The lowest BCUT2D eigenvalue weighted by atomic mass is 9.84. The standard InChI is InChI=1S/C29H50O2.C6H8O6.C2H4O2/c1-20(2)12-9-13-21(3)14-10-15-22(4)16-11-18-29(8)19-17-26-25(7)27(30)23(5)24(6)28(26)31-29;7-1-2(8)5-3(9)4(10)6(11)12-5;1-2(3)4/h20-22,30H,9-19H2,1-8H3;2,5,7-10H,1H2;1H3,(H,3,4)/t21?,22?,29-;2?,5-;/m11./s1. The van der Waals surface area contributed by atoms with Crippen LogP contribution in [0, 0.1) is 38.5 Å². The Morgan fingerprint density at radius 1 is 0.894 bits per heavy atom. The van der Waals surface area contributed by atoms with E-state index in [2.05, 4.69) is 46.3 Å². The van der Waals surface area contributed by atoms with Crippen molar-refractivity contribution < 1.29 is 49.7 Å². The molecule has 0 radical (unpaired) electrons. The number of aliphatic hydroxyl groups excluding tert-OH is 4. The molecule has 3 unspecified atom stereocenters. The molecule has 2 heterocycles. The predicted molar refractivity (Wildman–Crippen MR) is 183 cm³/mol. The molecule has 10 nitrogen and oxygen atoms in total. The Balaban J connectivity index is 0.000000567. The highest BCUT2D eigenvalue weighted by molar-refractivity contribution is 5.89. The lowest BCUT2D eigenvalue weighted by molar-refractivity contribution is -0.147. The third kappa shape index (κ3) is 13.6. The van der Waals surface area contributed by atoms with E-state index in [1.54, 1.807) is 0 Å². The molecule has 6 N–H and O–H groups in total. The first kappa shape index (κ1) is 42.0. The Labute approximate surface area is 281 Å². The molecule has 0 saturated carbocycles. The maximum Gasteiger partial charge on any atom is 0.377 e. The van der Waals surface area contributed by atoms with Gasteiger partial charge in [-0.1, -0.05) is 72.6 Å². The highest BCUT2D eigenvalue weighted by Gasteiger charge is 2.39. The minimum Gasteiger partial charge on any atom is -0.507 e. The minimum atomic E-state index is -1.42. The van der Waals surface area contributed by atoms with E-state index in [9.17, 15) is 9.90 Å². The lowest BCUT2D eigenvalue weighted by Crippen LogP contribution is -2.37. The molecule has 47 heavy (non-hydrogen) atoms. The fourth-order valence-electron chi connectivity index (χ4n) is 6.10. The fraction of sp³-hybridized carbons (Fsp3) is 0.730. The van der Waals surface area contributed by atoms with Crippen LogP contribution in [0.4, 0.5) is 0 Å². The van der Waals surface area contributed by atoms with Gasteiger partial charge in [0.1, 0.15) is 23.2 Å². The van der Waals surface area contributed by atoms with Gasteiger partial charge in [-0.15, -0.1) is 0 Å². The topological polar surface area (TPSA) is 174 Å². The van der Waals surface area contributed by atoms with Gasteiger partial charge in [0.15, 0.2) is 11.9 Å². The number of aliphatic hydroxyl groups is 4. The maximum atomic E-state index is 10.5. The molecule has 10 heteroatoms. The van der Waals surface area contributed by atoms with Crippen LogP contribution in [0.5, 0.6) is 11.5 Å². The quantitative estimate of drug-likeness (QED) is 0.109. The van der Waals surface area contributed by atoms with E-state index in [1.165, 1.54) is 56.9 Å². The predicted octanol–water partition coefficient (Wildman–Crippen LogP) is 7.52. The van der Waals surface area contributed by atoms with Gasteiger partial charge < -0.3 is 40.1 Å². The molecule has 1 aromatic carbocycles. The van der Waals surface area contributed by atoms with Crippen LogP contribution in [0.15, 0.2) is 11.5 Å². The summed E-state index contributed by atoms with van der Waals surface area (Å²) in [6, 6.07) is 0. The van der Waals surface area contributed by atoms with E-state index in [-0.39, 0.29) is 5.60 Å². The molecule has 0 bridgehead atoms. The number of carboxylic acid groups (broad SMARTS) is 1. The van der Waals surface area contributed by atoms with Crippen molar-refractivity contribution in [2.45, 2.75) is 151 Å². The van der Waals surface area contributed by atoms with Crippen molar-refractivity contribution >= 4 is 11.9 Å². The van der Waals surface area contributed by atoms with Crippen molar-refractivity contribution in [2.24, 2.45) is 17.8 Å². The second kappa shape index (κ2) is 19.7. The van der Waals surface area contributed by atoms with Crippen LogP contribution in [0.3, 0.4) is 0 Å². The number of phenolic OH excluding ortho intramolecular Hbond substituents is 1. The number of phenols is 1. The number of esters is 1. The molecule has 0 aliphatic carbocycles. The molecule has 2 aliphatic rings. The molecule has 1 aromatic rings. The number of aromatic hydroxyl groups is 1. The van der Waals surface area contributed by atoms with Gasteiger partial charge in [-0.25, -0.2) is 4.79 Å². The van der Waals surface area contributed by atoms with Gasteiger partial charge in [0.25, 0.3) is 5.97 Å². The first-order valence-electron chi connectivity index (χ1n) is 17.2. The number of hydrogen-bond donors (Lipinski definition) is 6. The van der Waals surface area contributed by atoms with Gasteiger partial charge in [0.2, 0.25) is 5.76 Å². The molecule has 3 rings (SSSR count). The van der Waals surface area contributed by atoms with E-state index in [0.29, 0.717) is 5.75 Å². The average Bonchev–Trinajstić information content (AvgIpc) is 3.25. The molecule has 0 amide bonds. The second-order valence-corrected chi connectivity index (χ2v) is 14.3. The molecular weight excluding hydrogens is 604 g/mol. The molecule has 0 saturated heterocycles. The van der Waals surface area contributed by atoms with Crippen LogP contribution in [0.25, 0.3) is 0 Å². The molecule has 2 aliphatic heterocycles. The van der Waals surface area contributed by atoms with Gasteiger partial charge in [-0.05, 0) is 87.8 Å². The van der Waals surface area contributed by atoms with Crippen LogP contribution in [-0.2, 0) is 20.7 Å². The Kier molecular flexibility index (Phi) is 17.7.